The Bertz CT molecular complexity index is 1150. The number of hydrogen-bond acceptors (Lipinski definition) is 5. The predicted octanol–water partition coefficient (Wildman–Crippen LogP) is 4.71. The Balaban J connectivity index is 1.33. The van der Waals surface area contributed by atoms with Crippen LogP contribution in [0.3, 0.4) is 0 Å². The maximum atomic E-state index is 12.4. The molecule has 0 radical (unpaired) electrons. The minimum Gasteiger partial charge on any atom is -0.484 e. The number of ether oxygens (including phenoxy) is 1. The van der Waals surface area contributed by atoms with Gasteiger partial charge in [0.05, 0.1) is 11.2 Å². The number of halogens is 1. The molecule has 3 aromatic rings. The van der Waals surface area contributed by atoms with Crippen LogP contribution in [0, 0.1) is 6.92 Å². The van der Waals surface area contributed by atoms with Crippen molar-refractivity contribution in [3.05, 3.63) is 82.3 Å². The summed E-state index contributed by atoms with van der Waals surface area (Å²) in [4.78, 5) is 26.0. The van der Waals surface area contributed by atoms with Crippen LogP contribution in [0.2, 0.25) is 5.02 Å². The normalized spacial score (nSPS) is 13.7. The van der Waals surface area contributed by atoms with Gasteiger partial charge < -0.3 is 14.1 Å². The topological polar surface area (TPSA) is 84.1 Å². The van der Waals surface area contributed by atoms with Crippen LogP contribution < -0.4 is 15.1 Å². The third kappa shape index (κ3) is 5.00. The highest BCUT2D eigenvalue weighted by Gasteiger charge is 2.22. The monoisotopic (exact) mass is 451 g/mol. The van der Waals surface area contributed by atoms with Crippen molar-refractivity contribution in [1.82, 2.24) is 5.43 Å². The van der Waals surface area contributed by atoms with Gasteiger partial charge in [0.25, 0.3) is 5.91 Å². The molecular weight excluding hydrogens is 430 g/mol. The first-order chi connectivity index (χ1) is 15.5. The summed E-state index contributed by atoms with van der Waals surface area (Å²) in [5.74, 6) is 1.38. The second kappa shape index (κ2) is 9.70. The number of furan rings is 1. The van der Waals surface area contributed by atoms with Crippen molar-refractivity contribution >= 4 is 35.3 Å². The summed E-state index contributed by atoms with van der Waals surface area (Å²) < 4.78 is 11.4. The molecule has 1 N–H and O–H groups in total. The number of hydrazone groups is 1. The fourth-order valence-corrected chi connectivity index (χ4v) is 3.72. The van der Waals surface area contributed by atoms with Gasteiger partial charge in [0, 0.05) is 24.2 Å². The van der Waals surface area contributed by atoms with Crippen LogP contribution in [0.1, 0.15) is 40.3 Å². The van der Waals surface area contributed by atoms with Gasteiger partial charge in [-0.1, -0.05) is 29.8 Å². The van der Waals surface area contributed by atoms with E-state index < -0.39 is 0 Å². The number of para-hydroxylation sites is 1. The van der Waals surface area contributed by atoms with Crippen molar-refractivity contribution in [3.8, 4) is 5.75 Å². The van der Waals surface area contributed by atoms with Crippen molar-refractivity contribution in [3.63, 3.8) is 0 Å². The van der Waals surface area contributed by atoms with Gasteiger partial charge in [0.15, 0.2) is 0 Å². The first kappa shape index (κ1) is 21.6. The van der Waals surface area contributed by atoms with E-state index in [0.717, 1.165) is 12.0 Å². The number of benzene rings is 2. The molecule has 7 nitrogen and oxygen atoms in total. The number of nitrogens with zero attached hydrogens (tertiary/aromatic N) is 2. The van der Waals surface area contributed by atoms with Gasteiger partial charge in [-0.25, -0.2) is 5.43 Å². The average Bonchev–Trinajstić information content (AvgIpc) is 3.42. The first-order valence-corrected chi connectivity index (χ1v) is 10.6. The summed E-state index contributed by atoms with van der Waals surface area (Å²) in [6.07, 6.45) is 2.78. The van der Waals surface area contributed by atoms with E-state index >= 15 is 0 Å². The Morgan fingerprint density at radius 2 is 2.09 bits per heavy atom. The highest BCUT2D eigenvalue weighted by molar-refractivity contribution is 6.32. The van der Waals surface area contributed by atoms with Crippen molar-refractivity contribution in [1.29, 1.82) is 0 Å². The van der Waals surface area contributed by atoms with E-state index in [0.29, 0.717) is 46.5 Å². The molecule has 2 aromatic carbocycles. The number of aryl methyl sites for hydroxylation is 1. The Kier molecular flexibility index (Phi) is 6.56. The van der Waals surface area contributed by atoms with Gasteiger partial charge in [-0.15, -0.1) is 0 Å². The Morgan fingerprint density at radius 3 is 2.88 bits per heavy atom. The molecule has 1 aliphatic heterocycles. The van der Waals surface area contributed by atoms with Crippen LogP contribution >= 0.6 is 11.6 Å². The minimum atomic E-state index is -0.376. The molecule has 8 heteroatoms. The maximum absolute atomic E-state index is 12.4. The van der Waals surface area contributed by atoms with Crippen LogP contribution in [-0.2, 0) is 11.4 Å². The summed E-state index contributed by atoms with van der Waals surface area (Å²) in [5.41, 5.74) is 4.55. The third-order valence-corrected chi connectivity index (χ3v) is 5.35. The molecule has 1 saturated heterocycles. The summed E-state index contributed by atoms with van der Waals surface area (Å²) in [7, 11) is 0. The molecule has 1 aromatic heterocycles. The van der Waals surface area contributed by atoms with E-state index in [4.69, 9.17) is 20.8 Å². The lowest BCUT2D eigenvalue weighted by atomic mass is 10.2. The zero-order valence-corrected chi connectivity index (χ0v) is 18.3. The second-order valence-electron chi connectivity index (χ2n) is 7.38. The quantitative estimate of drug-likeness (QED) is 0.416. The van der Waals surface area contributed by atoms with Crippen molar-refractivity contribution in [2.24, 2.45) is 5.10 Å². The fourth-order valence-electron chi connectivity index (χ4n) is 3.44. The Labute approximate surface area is 190 Å². The van der Waals surface area contributed by atoms with Crippen LogP contribution in [-0.4, -0.2) is 24.6 Å². The number of hydrogen-bond donors (Lipinski definition) is 1. The van der Waals surface area contributed by atoms with Crippen molar-refractivity contribution < 1.29 is 18.7 Å². The van der Waals surface area contributed by atoms with Gasteiger partial charge >= 0.3 is 0 Å². The summed E-state index contributed by atoms with van der Waals surface area (Å²) in [6, 6.07) is 16.0. The van der Waals surface area contributed by atoms with E-state index in [1.807, 2.05) is 25.1 Å². The lowest BCUT2D eigenvalue weighted by molar-refractivity contribution is -0.117. The summed E-state index contributed by atoms with van der Waals surface area (Å²) in [6.45, 7) is 2.80. The number of amides is 2. The molecule has 0 bridgehead atoms. The lowest BCUT2D eigenvalue weighted by Crippen LogP contribution is -2.24. The summed E-state index contributed by atoms with van der Waals surface area (Å²) >= 11 is 6.17. The minimum absolute atomic E-state index is 0.0721. The number of anilines is 1. The Hall–Kier alpha value is -3.58. The van der Waals surface area contributed by atoms with Crippen molar-refractivity contribution in [2.45, 2.75) is 26.4 Å². The molecule has 4 rings (SSSR count). The zero-order chi connectivity index (χ0) is 22.5. The number of nitrogens with one attached hydrogen (secondary N) is 1. The second-order valence-corrected chi connectivity index (χ2v) is 7.78. The van der Waals surface area contributed by atoms with Crippen LogP contribution in [0.25, 0.3) is 0 Å². The van der Waals surface area contributed by atoms with E-state index in [2.05, 4.69) is 10.5 Å². The lowest BCUT2D eigenvalue weighted by Gasteiger charge is -2.16. The van der Waals surface area contributed by atoms with Gasteiger partial charge in [0.1, 0.15) is 23.9 Å². The van der Waals surface area contributed by atoms with Crippen LogP contribution in [0.15, 0.2) is 64.1 Å². The molecule has 0 unspecified atom stereocenters. The highest BCUT2D eigenvalue weighted by atomic mass is 35.5. The highest BCUT2D eigenvalue weighted by Crippen LogP contribution is 2.28. The Morgan fingerprint density at radius 1 is 1.25 bits per heavy atom. The maximum Gasteiger partial charge on any atom is 0.271 e. The SMILES string of the molecule is Cc1cccc(Cl)c1OCc1ccc(/C=N/NC(=O)c2cccc(N3CCCC3=O)c2)o1. The molecular formula is C24H22ClN3O4. The van der Waals surface area contributed by atoms with Gasteiger partial charge in [-0.2, -0.15) is 5.10 Å². The fraction of sp³-hybridized carbons (Fsp3) is 0.208. The van der Waals surface area contributed by atoms with Crippen molar-refractivity contribution in [2.75, 3.05) is 11.4 Å². The number of rotatable bonds is 7. The molecule has 1 aliphatic rings. The van der Waals surface area contributed by atoms with Gasteiger partial charge in [-0.3, -0.25) is 9.59 Å². The van der Waals surface area contributed by atoms with E-state index in [1.54, 1.807) is 41.3 Å². The molecule has 0 saturated carbocycles. The molecule has 164 valence electrons. The van der Waals surface area contributed by atoms with Gasteiger partial charge in [-0.05, 0) is 55.3 Å². The van der Waals surface area contributed by atoms with Crippen LogP contribution in [0.5, 0.6) is 5.75 Å². The number of carbonyl (C=O) groups is 2. The molecule has 1 fully saturated rings. The largest absolute Gasteiger partial charge is 0.484 e. The first-order valence-electron chi connectivity index (χ1n) is 10.2. The zero-order valence-electron chi connectivity index (χ0n) is 17.5. The molecule has 2 amide bonds. The molecule has 0 atom stereocenters. The van der Waals surface area contributed by atoms with E-state index in [9.17, 15) is 9.59 Å². The molecule has 0 aliphatic carbocycles. The van der Waals surface area contributed by atoms with E-state index in [1.165, 1.54) is 6.21 Å². The molecule has 32 heavy (non-hydrogen) atoms. The van der Waals surface area contributed by atoms with Crippen LogP contribution in [0.4, 0.5) is 5.69 Å². The standard InChI is InChI=1S/C24H22ClN3O4/c1-16-5-2-8-21(25)23(16)31-15-20-11-10-19(32-20)14-26-27-24(30)17-6-3-7-18(13-17)28-12-4-9-22(28)29/h2-3,5-8,10-11,13-14H,4,9,12,15H2,1H3,(H,27,30)/b26-14+. The number of carbonyl (C=O) groups excluding carboxylic acids is 2. The smallest absolute Gasteiger partial charge is 0.271 e. The predicted molar refractivity (Wildman–Crippen MR) is 122 cm³/mol. The average molecular weight is 452 g/mol. The van der Waals surface area contributed by atoms with E-state index in [-0.39, 0.29) is 18.4 Å². The summed E-state index contributed by atoms with van der Waals surface area (Å²) in [5, 5.41) is 4.50. The third-order valence-electron chi connectivity index (χ3n) is 5.06. The molecule has 2 heterocycles. The molecule has 0 spiro atoms. The van der Waals surface area contributed by atoms with Gasteiger partial charge in [0.2, 0.25) is 5.91 Å².